The molecule has 2 unspecified atom stereocenters. The standard InChI is InChI=1S/C11H20N4O/c1-2-12-7-9-8-15(14-13-9)10-5-3-4-6-11(10)16/h8,10-12,16H,2-7H2,1H3. The number of aliphatic hydroxyl groups is 1. The largest absolute Gasteiger partial charge is 0.391 e. The molecule has 90 valence electrons. The van der Waals surface area contributed by atoms with Crippen molar-refractivity contribution in [2.45, 2.75) is 51.3 Å². The van der Waals surface area contributed by atoms with Crippen LogP contribution in [0.15, 0.2) is 6.20 Å². The SMILES string of the molecule is CCNCc1cn(C2CCCCC2O)nn1. The highest BCUT2D eigenvalue weighted by molar-refractivity contribution is 4.94. The van der Waals surface area contributed by atoms with Crippen molar-refractivity contribution in [3.63, 3.8) is 0 Å². The number of nitrogens with one attached hydrogen (secondary N) is 1. The maximum atomic E-state index is 9.90. The molecule has 0 radical (unpaired) electrons. The van der Waals surface area contributed by atoms with Crippen LogP contribution in [0.3, 0.4) is 0 Å². The molecule has 1 fully saturated rings. The van der Waals surface area contributed by atoms with Gasteiger partial charge < -0.3 is 10.4 Å². The van der Waals surface area contributed by atoms with E-state index >= 15 is 0 Å². The van der Waals surface area contributed by atoms with E-state index in [4.69, 9.17) is 0 Å². The number of aromatic nitrogens is 3. The smallest absolute Gasteiger partial charge is 0.0964 e. The lowest BCUT2D eigenvalue weighted by Crippen LogP contribution is -2.27. The van der Waals surface area contributed by atoms with Gasteiger partial charge in [-0.25, -0.2) is 4.68 Å². The lowest BCUT2D eigenvalue weighted by Gasteiger charge is -2.27. The van der Waals surface area contributed by atoms with E-state index in [1.807, 2.05) is 10.9 Å². The fourth-order valence-corrected chi connectivity index (χ4v) is 2.21. The van der Waals surface area contributed by atoms with E-state index in [0.717, 1.165) is 38.0 Å². The number of rotatable bonds is 4. The minimum atomic E-state index is -0.262. The molecule has 0 bridgehead atoms. The highest BCUT2D eigenvalue weighted by Crippen LogP contribution is 2.27. The molecular weight excluding hydrogens is 204 g/mol. The Morgan fingerprint density at radius 1 is 1.50 bits per heavy atom. The second-order valence-corrected chi connectivity index (χ2v) is 4.39. The molecule has 1 saturated carbocycles. The van der Waals surface area contributed by atoms with E-state index in [9.17, 15) is 5.11 Å². The van der Waals surface area contributed by atoms with Crippen molar-refractivity contribution in [2.75, 3.05) is 6.54 Å². The van der Waals surface area contributed by atoms with Crippen LogP contribution in [0.2, 0.25) is 0 Å². The lowest BCUT2D eigenvalue weighted by molar-refractivity contribution is 0.0685. The third kappa shape index (κ3) is 2.59. The summed E-state index contributed by atoms with van der Waals surface area (Å²) in [5, 5.41) is 21.3. The fraction of sp³-hybridized carbons (Fsp3) is 0.818. The van der Waals surface area contributed by atoms with Gasteiger partial charge in [0.2, 0.25) is 0 Å². The third-order valence-corrected chi connectivity index (χ3v) is 3.15. The maximum Gasteiger partial charge on any atom is 0.0964 e. The Morgan fingerprint density at radius 2 is 2.31 bits per heavy atom. The molecule has 0 spiro atoms. The van der Waals surface area contributed by atoms with Crippen LogP contribution in [0.4, 0.5) is 0 Å². The number of hydrogen-bond donors (Lipinski definition) is 2. The molecule has 2 N–H and O–H groups in total. The average molecular weight is 224 g/mol. The molecule has 1 heterocycles. The van der Waals surface area contributed by atoms with Gasteiger partial charge in [0.25, 0.3) is 0 Å². The van der Waals surface area contributed by atoms with Crippen LogP contribution in [0.1, 0.15) is 44.3 Å². The summed E-state index contributed by atoms with van der Waals surface area (Å²) < 4.78 is 1.83. The summed E-state index contributed by atoms with van der Waals surface area (Å²) in [6.07, 6.45) is 5.86. The van der Waals surface area contributed by atoms with Gasteiger partial charge in [0.05, 0.1) is 24.0 Å². The van der Waals surface area contributed by atoms with Crippen molar-refractivity contribution in [1.82, 2.24) is 20.3 Å². The normalized spacial score (nSPS) is 25.9. The topological polar surface area (TPSA) is 63.0 Å². The van der Waals surface area contributed by atoms with Gasteiger partial charge in [0.1, 0.15) is 0 Å². The Kier molecular flexibility index (Phi) is 3.90. The van der Waals surface area contributed by atoms with E-state index in [2.05, 4.69) is 22.6 Å². The van der Waals surface area contributed by atoms with Gasteiger partial charge >= 0.3 is 0 Å². The average Bonchev–Trinajstić information content (AvgIpc) is 2.75. The van der Waals surface area contributed by atoms with Crippen LogP contribution in [0.25, 0.3) is 0 Å². The minimum Gasteiger partial charge on any atom is -0.391 e. The Bertz CT molecular complexity index is 326. The van der Waals surface area contributed by atoms with Gasteiger partial charge in [-0.05, 0) is 19.4 Å². The van der Waals surface area contributed by atoms with Crippen molar-refractivity contribution in [2.24, 2.45) is 0 Å². The molecule has 1 aliphatic rings. The van der Waals surface area contributed by atoms with E-state index in [1.165, 1.54) is 6.42 Å². The molecule has 2 rings (SSSR count). The molecule has 0 amide bonds. The maximum absolute atomic E-state index is 9.90. The van der Waals surface area contributed by atoms with Crippen molar-refractivity contribution in [3.05, 3.63) is 11.9 Å². The predicted molar refractivity (Wildman–Crippen MR) is 60.9 cm³/mol. The van der Waals surface area contributed by atoms with Crippen molar-refractivity contribution in [3.8, 4) is 0 Å². The number of nitrogens with zero attached hydrogens (tertiary/aromatic N) is 3. The monoisotopic (exact) mass is 224 g/mol. The summed E-state index contributed by atoms with van der Waals surface area (Å²) in [7, 11) is 0. The molecule has 1 aromatic heterocycles. The van der Waals surface area contributed by atoms with E-state index in [-0.39, 0.29) is 12.1 Å². The second-order valence-electron chi connectivity index (χ2n) is 4.39. The van der Waals surface area contributed by atoms with Crippen LogP contribution >= 0.6 is 0 Å². The molecular formula is C11H20N4O. The lowest BCUT2D eigenvalue weighted by atomic mass is 9.93. The quantitative estimate of drug-likeness (QED) is 0.796. The molecule has 2 atom stereocenters. The first-order valence-corrected chi connectivity index (χ1v) is 6.10. The van der Waals surface area contributed by atoms with Crippen LogP contribution in [-0.2, 0) is 6.54 Å². The first kappa shape index (κ1) is 11.5. The Labute approximate surface area is 95.8 Å². The zero-order valence-corrected chi connectivity index (χ0v) is 9.76. The van der Waals surface area contributed by atoms with Crippen LogP contribution in [0, 0.1) is 0 Å². The number of aliphatic hydroxyl groups excluding tert-OH is 1. The van der Waals surface area contributed by atoms with Crippen molar-refractivity contribution in [1.29, 1.82) is 0 Å². The van der Waals surface area contributed by atoms with Gasteiger partial charge in [0.15, 0.2) is 0 Å². The Balaban J connectivity index is 1.99. The number of hydrogen-bond acceptors (Lipinski definition) is 4. The van der Waals surface area contributed by atoms with Crippen LogP contribution in [0.5, 0.6) is 0 Å². The molecule has 0 aliphatic heterocycles. The van der Waals surface area contributed by atoms with Gasteiger partial charge in [-0.2, -0.15) is 0 Å². The molecule has 16 heavy (non-hydrogen) atoms. The van der Waals surface area contributed by atoms with Gasteiger partial charge in [-0.15, -0.1) is 5.10 Å². The summed E-state index contributed by atoms with van der Waals surface area (Å²) in [5.74, 6) is 0. The third-order valence-electron chi connectivity index (χ3n) is 3.15. The Morgan fingerprint density at radius 3 is 3.06 bits per heavy atom. The van der Waals surface area contributed by atoms with E-state index < -0.39 is 0 Å². The molecule has 5 heteroatoms. The second kappa shape index (κ2) is 5.41. The highest BCUT2D eigenvalue weighted by Gasteiger charge is 2.25. The molecule has 5 nitrogen and oxygen atoms in total. The molecule has 0 aromatic carbocycles. The predicted octanol–water partition coefficient (Wildman–Crippen LogP) is 0.864. The van der Waals surface area contributed by atoms with Crippen molar-refractivity contribution >= 4 is 0 Å². The van der Waals surface area contributed by atoms with Crippen LogP contribution in [-0.4, -0.2) is 32.7 Å². The first-order valence-electron chi connectivity index (χ1n) is 6.10. The van der Waals surface area contributed by atoms with Gasteiger partial charge in [0, 0.05) is 6.54 Å². The summed E-state index contributed by atoms with van der Waals surface area (Å²) in [6, 6.07) is 0.122. The Hall–Kier alpha value is -0.940. The summed E-state index contributed by atoms with van der Waals surface area (Å²) in [5.41, 5.74) is 0.944. The summed E-state index contributed by atoms with van der Waals surface area (Å²) >= 11 is 0. The fourth-order valence-electron chi connectivity index (χ4n) is 2.21. The van der Waals surface area contributed by atoms with Crippen LogP contribution < -0.4 is 5.32 Å². The zero-order valence-electron chi connectivity index (χ0n) is 9.76. The summed E-state index contributed by atoms with van der Waals surface area (Å²) in [6.45, 7) is 3.74. The highest BCUT2D eigenvalue weighted by atomic mass is 16.3. The molecule has 1 aromatic rings. The zero-order chi connectivity index (χ0) is 11.4. The van der Waals surface area contributed by atoms with Gasteiger partial charge in [-0.3, -0.25) is 0 Å². The summed E-state index contributed by atoms with van der Waals surface area (Å²) in [4.78, 5) is 0. The molecule has 1 aliphatic carbocycles. The minimum absolute atomic E-state index is 0.122. The first-order chi connectivity index (χ1) is 7.81. The van der Waals surface area contributed by atoms with E-state index in [1.54, 1.807) is 0 Å². The molecule has 0 saturated heterocycles. The van der Waals surface area contributed by atoms with Gasteiger partial charge in [-0.1, -0.05) is 25.0 Å². The van der Waals surface area contributed by atoms with E-state index in [0.29, 0.717) is 0 Å². The van der Waals surface area contributed by atoms with Crippen molar-refractivity contribution < 1.29 is 5.11 Å².